The summed E-state index contributed by atoms with van der Waals surface area (Å²) in [4.78, 5) is 21.2. The van der Waals surface area contributed by atoms with E-state index in [1.807, 2.05) is 30.3 Å². The van der Waals surface area contributed by atoms with Gasteiger partial charge in [-0.05, 0) is 31.2 Å². The summed E-state index contributed by atoms with van der Waals surface area (Å²) in [5.41, 5.74) is 2.78. The number of hydrogen-bond donors (Lipinski definition) is 1. The summed E-state index contributed by atoms with van der Waals surface area (Å²) < 4.78 is 0. The van der Waals surface area contributed by atoms with Crippen molar-refractivity contribution in [1.29, 1.82) is 0 Å². The Morgan fingerprint density at radius 3 is 2.62 bits per heavy atom. The van der Waals surface area contributed by atoms with Gasteiger partial charge in [0.25, 0.3) is 5.91 Å². The molecule has 0 spiro atoms. The predicted octanol–water partition coefficient (Wildman–Crippen LogP) is 1.81. The zero-order chi connectivity index (χ0) is 16.8. The Kier molecular flexibility index (Phi) is 5.43. The Hall–Kier alpha value is -2.40. The molecule has 0 unspecified atom stereocenters. The van der Waals surface area contributed by atoms with Gasteiger partial charge in [-0.2, -0.15) is 0 Å². The maximum Gasteiger partial charge on any atom is 0.269 e. The monoisotopic (exact) mass is 324 g/mol. The van der Waals surface area contributed by atoms with Gasteiger partial charge in [0.15, 0.2) is 0 Å². The summed E-state index contributed by atoms with van der Waals surface area (Å²) in [7, 11) is 2.13. The average Bonchev–Trinajstić information content (AvgIpc) is 2.63. The van der Waals surface area contributed by atoms with Crippen molar-refractivity contribution in [2.24, 2.45) is 0 Å². The Balaban J connectivity index is 1.56. The minimum atomic E-state index is -0.109. The van der Waals surface area contributed by atoms with Crippen LogP contribution in [0, 0.1) is 0 Å². The fourth-order valence-corrected chi connectivity index (χ4v) is 2.86. The smallest absolute Gasteiger partial charge is 0.269 e. The van der Waals surface area contributed by atoms with Crippen molar-refractivity contribution in [3.8, 4) is 0 Å². The molecule has 1 amide bonds. The molecule has 2 heterocycles. The van der Waals surface area contributed by atoms with Crippen LogP contribution in [0.1, 0.15) is 16.1 Å². The molecule has 0 saturated carbocycles. The molecule has 1 aromatic heterocycles. The highest BCUT2D eigenvalue weighted by Gasteiger charge is 2.16. The van der Waals surface area contributed by atoms with E-state index >= 15 is 0 Å². The molecule has 1 N–H and O–H groups in total. The maximum absolute atomic E-state index is 12.3. The first-order valence-electron chi connectivity index (χ1n) is 8.44. The standard InChI is InChI=1S/C19H24N4O/c1-22-11-13-23(14-12-22)17-8-10-20-18(15-17)19(24)21-9-7-16-5-3-2-4-6-16/h2-6,8,10,15H,7,9,11-14H2,1H3,(H,21,24). The number of pyridine rings is 1. The van der Waals surface area contributed by atoms with Crippen molar-refractivity contribution in [2.45, 2.75) is 6.42 Å². The highest BCUT2D eigenvalue weighted by atomic mass is 16.1. The van der Waals surface area contributed by atoms with E-state index in [9.17, 15) is 4.79 Å². The number of nitrogens with one attached hydrogen (secondary N) is 1. The molecule has 0 radical (unpaired) electrons. The fourth-order valence-electron chi connectivity index (χ4n) is 2.86. The minimum Gasteiger partial charge on any atom is -0.369 e. The second-order valence-electron chi connectivity index (χ2n) is 6.18. The number of amides is 1. The number of benzene rings is 1. The van der Waals surface area contributed by atoms with Crippen LogP contribution in [0.5, 0.6) is 0 Å². The van der Waals surface area contributed by atoms with Crippen molar-refractivity contribution >= 4 is 11.6 Å². The molecule has 0 atom stereocenters. The van der Waals surface area contributed by atoms with Crippen molar-refractivity contribution in [3.05, 3.63) is 59.9 Å². The molecule has 5 nitrogen and oxygen atoms in total. The summed E-state index contributed by atoms with van der Waals surface area (Å²) >= 11 is 0. The van der Waals surface area contributed by atoms with Gasteiger partial charge in [-0.15, -0.1) is 0 Å². The Bertz CT molecular complexity index is 666. The number of hydrogen-bond acceptors (Lipinski definition) is 4. The first-order valence-corrected chi connectivity index (χ1v) is 8.44. The van der Waals surface area contributed by atoms with E-state index in [-0.39, 0.29) is 5.91 Å². The summed E-state index contributed by atoms with van der Waals surface area (Å²) in [6.45, 7) is 4.66. The van der Waals surface area contributed by atoms with Gasteiger partial charge in [0.1, 0.15) is 5.69 Å². The number of anilines is 1. The molecule has 0 bridgehead atoms. The van der Waals surface area contributed by atoms with Crippen molar-refractivity contribution < 1.29 is 4.79 Å². The molecule has 1 saturated heterocycles. The summed E-state index contributed by atoms with van der Waals surface area (Å²) in [6, 6.07) is 14.0. The third-order valence-electron chi connectivity index (χ3n) is 4.39. The lowest BCUT2D eigenvalue weighted by atomic mass is 10.1. The first kappa shape index (κ1) is 16.5. The lowest BCUT2D eigenvalue weighted by Crippen LogP contribution is -2.44. The molecular weight excluding hydrogens is 300 g/mol. The van der Waals surface area contributed by atoms with Crippen LogP contribution in [0.25, 0.3) is 0 Å². The molecule has 24 heavy (non-hydrogen) atoms. The number of carbonyl (C=O) groups excluding carboxylic acids is 1. The number of aromatic nitrogens is 1. The van der Waals surface area contributed by atoms with Gasteiger partial charge in [0.2, 0.25) is 0 Å². The van der Waals surface area contributed by atoms with Gasteiger partial charge < -0.3 is 15.1 Å². The van der Waals surface area contributed by atoms with E-state index in [0.717, 1.165) is 38.3 Å². The second-order valence-corrected chi connectivity index (χ2v) is 6.18. The second kappa shape index (κ2) is 7.93. The van der Waals surface area contributed by atoms with Crippen molar-refractivity contribution in [1.82, 2.24) is 15.2 Å². The minimum absolute atomic E-state index is 0.109. The maximum atomic E-state index is 12.3. The van der Waals surface area contributed by atoms with E-state index in [4.69, 9.17) is 0 Å². The van der Waals surface area contributed by atoms with Crippen LogP contribution in [0.4, 0.5) is 5.69 Å². The lowest BCUT2D eigenvalue weighted by molar-refractivity contribution is 0.0949. The predicted molar refractivity (Wildman–Crippen MR) is 96.4 cm³/mol. The third-order valence-corrected chi connectivity index (χ3v) is 4.39. The van der Waals surface area contributed by atoms with Crippen LogP contribution in [0.15, 0.2) is 48.7 Å². The largest absolute Gasteiger partial charge is 0.369 e. The topological polar surface area (TPSA) is 48.5 Å². The molecule has 1 aliphatic heterocycles. The van der Waals surface area contributed by atoms with E-state index in [2.05, 4.69) is 39.3 Å². The first-order chi connectivity index (χ1) is 11.7. The van der Waals surface area contributed by atoms with E-state index < -0.39 is 0 Å². The zero-order valence-corrected chi connectivity index (χ0v) is 14.1. The third kappa shape index (κ3) is 4.32. The normalized spacial score (nSPS) is 15.3. The summed E-state index contributed by atoms with van der Waals surface area (Å²) in [6.07, 6.45) is 2.55. The molecule has 3 rings (SSSR count). The molecular formula is C19H24N4O. The number of piperazine rings is 1. The van der Waals surface area contributed by atoms with Crippen molar-refractivity contribution in [3.63, 3.8) is 0 Å². The Labute approximate surface area is 143 Å². The number of nitrogens with zero attached hydrogens (tertiary/aromatic N) is 3. The quantitative estimate of drug-likeness (QED) is 0.911. The fraction of sp³-hybridized carbons (Fsp3) is 0.368. The van der Waals surface area contributed by atoms with Crippen LogP contribution in [0.3, 0.4) is 0 Å². The molecule has 1 fully saturated rings. The van der Waals surface area contributed by atoms with Gasteiger partial charge in [-0.25, -0.2) is 0 Å². The van der Waals surface area contributed by atoms with Gasteiger partial charge in [0.05, 0.1) is 0 Å². The van der Waals surface area contributed by atoms with Crippen LogP contribution in [0.2, 0.25) is 0 Å². The molecule has 126 valence electrons. The highest BCUT2D eigenvalue weighted by molar-refractivity contribution is 5.93. The molecule has 5 heteroatoms. The van der Waals surface area contributed by atoms with Crippen LogP contribution in [-0.4, -0.2) is 55.6 Å². The van der Waals surface area contributed by atoms with Crippen molar-refractivity contribution in [2.75, 3.05) is 44.7 Å². The summed E-state index contributed by atoms with van der Waals surface area (Å²) in [5, 5.41) is 2.96. The van der Waals surface area contributed by atoms with Gasteiger partial charge in [-0.3, -0.25) is 9.78 Å². The molecule has 1 aliphatic rings. The Morgan fingerprint density at radius 2 is 1.88 bits per heavy atom. The summed E-state index contributed by atoms with van der Waals surface area (Å²) in [5.74, 6) is -0.109. The van der Waals surface area contributed by atoms with Gasteiger partial charge in [-0.1, -0.05) is 30.3 Å². The Morgan fingerprint density at radius 1 is 1.12 bits per heavy atom. The van der Waals surface area contributed by atoms with Crippen LogP contribution in [-0.2, 0) is 6.42 Å². The molecule has 1 aromatic carbocycles. The van der Waals surface area contributed by atoms with Gasteiger partial charge >= 0.3 is 0 Å². The van der Waals surface area contributed by atoms with E-state index in [1.165, 1.54) is 5.56 Å². The SMILES string of the molecule is CN1CCN(c2ccnc(C(=O)NCCc3ccccc3)c2)CC1. The number of carbonyl (C=O) groups is 1. The molecule has 2 aromatic rings. The van der Waals surface area contributed by atoms with Gasteiger partial charge in [0, 0.05) is 44.6 Å². The lowest BCUT2D eigenvalue weighted by Gasteiger charge is -2.34. The number of rotatable bonds is 5. The average molecular weight is 324 g/mol. The number of likely N-dealkylation sites (N-methyl/N-ethyl adjacent to an activating group) is 1. The van der Waals surface area contributed by atoms with Crippen LogP contribution >= 0.6 is 0 Å². The molecule has 0 aliphatic carbocycles. The zero-order valence-electron chi connectivity index (χ0n) is 14.1. The van der Waals surface area contributed by atoms with E-state index in [0.29, 0.717) is 12.2 Å². The van der Waals surface area contributed by atoms with E-state index in [1.54, 1.807) is 6.20 Å². The highest BCUT2D eigenvalue weighted by Crippen LogP contribution is 2.16. The van der Waals surface area contributed by atoms with Crippen LogP contribution < -0.4 is 10.2 Å².